The van der Waals surface area contributed by atoms with Gasteiger partial charge in [-0.05, 0) is 37.3 Å². The standard InChI is InChI=1S/C18H24N2O2/c1-22-11-9-15-6-4-5-10-20(15)18(21)12-14-13-19-17-8-3-2-7-16(14)17/h2-3,7-8,13,15,19H,4-6,9-12H2,1H3. The van der Waals surface area contributed by atoms with E-state index in [0.717, 1.165) is 48.9 Å². The van der Waals surface area contributed by atoms with Gasteiger partial charge in [0.2, 0.25) is 5.91 Å². The number of piperidine rings is 1. The third kappa shape index (κ3) is 3.17. The van der Waals surface area contributed by atoms with Crippen molar-refractivity contribution in [2.45, 2.75) is 38.1 Å². The van der Waals surface area contributed by atoms with Gasteiger partial charge in [0.25, 0.3) is 0 Å². The fourth-order valence-electron chi connectivity index (χ4n) is 3.43. The molecule has 1 fully saturated rings. The van der Waals surface area contributed by atoms with Crippen LogP contribution in [0.2, 0.25) is 0 Å². The average Bonchev–Trinajstić information content (AvgIpc) is 2.96. The van der Waals surface area contributed by atoms with Gasteiger partial charge in [-0.2, -0.15) is 0 Å². The van der Waals surface area contributed by atoms with Crippen LogP contribution in [0.4, 0.5) is 0 Å². The Kier molecular flexibility index (Phi) is 4.78. The summed E-state index contributed by atoms with van der Waals surface area (Å²) >= 11 is 0. The number of hydrogen-bond acceptors (Lipinski definition) is 2. The van der Waals surface area contributed by atoms with Crippen molar-refractivity contribution in [1.29, 1.82) is 0 Å². The van der Waals surface area contributed by atoms with Gasteiger partial charge in [0.1, 0.15) is 0 Å². The molecule has 4 heteroatoms. The molecule has 0 saturated carbocycles. The van der Waals surface area contributed by atoms with Crippen molar-refractivity contribution in [2.75, 3.05) is 20.3 Å². The zero-order valence-electron chi connectivity index (χ0n) is 13.2. The van der Waals surface area contributed by atoms with Crippen molar-refractivity contribution in [2.24, 2.45) is 0 Å². The molecule has 0 bridgehead atoms. The van der Waals surface area contributed by atoms with E-state index in [1.54, 1.807) is 7.11 Å². The lowest BCUT2D eigenvalue weighted by molar-refractivity contribution is -0.134. The van der Waals surface area contributed by atoms with Crippen LogP contribution in [-0.2, 0) is 16.0 Å². The van der Waals surface area contributed by atoms with Crippen LogP contribution in [0.15, 0.2) is 30.5 Å². The highest BCUT2D eigenvalue weighted by Gasteiger charge is 2.26. The van der Waals surface area contributed by atoms with Crippen molar-refractivity contribution in [3.63, 3.8) is 0 Å². The van der Waals surface area contributed by atoms with Gasteiger partial charge in [-0.3, -0.25) is 4.79 Å². The number of hydrogen-bond donors (Lipinski definition) is 1. The Morgan fingerprint density at radius 2 is 2.23 bits per heavy atom. The second-order valence-corrected chi connectivity index (χ2v) is 6.05. The summed E-state index contributed by atoms with van der Waals surface area (Å²) in [6, 6.07) is 8.49. The van der Waals surface area contributed by atoms with E-state index in [1.165, 1.54) is 6.42 Å². The third-order valence-electron chi connectivity index (χ3n) is 4.62. The number of likely N-dealkylation sites (tertiary alicyclic amines) is 1. The Morgan fingerprint density at radius 3 is 3.09 bits per heavy atom. The number of nitrogens with zero attached hydrogens (tertiary/aromatic N) is 1. The second kappa shape index (κ2) is 6.97. The molecule has 1 aromatic heterocycles. The topological polar surface area (TPSA) is 45.3 Å². The minimum Gasteiger partial charge on any atom is -0.385 e. The third-order valence-corrected chi connectivity index (χ3v) is 4.62. The van der Waals surface area contributed by atoms with E-state index in [1.807, 2.05) is 24.4 Å². The van der Waals surface area contributed by atoms with Crippen LogP contribution in [0, 0.1) is 0 Å². The maximum atomic E-state index is 12.8. The number of carbonyl (C=O) groups is 1. The molecule has 0 radical (unpaired) electrons. The number of para-hydroxylation sites is 1. The largest absolute Gasteiger partial charge is 0.385 e. The van der Waals surface area contributed by atoms with Crippen molar-refractivity contribution >= 4 is 16.8 Å². The zero-order chi connectivity index (χ0) is 15.4. The lowest BCUT2D eigenvalue weighted by atomic mass is 9.98. The number of nitrogens with one attached hydrogen (secondary N) is 1. The van der Waals surface area contributed by atoms with Crippen LogP contribution < -0.4 is 0 Å². The van der Waals surface area contributed by atoms with Gasteiger partial charge in [-0.1, -0.05) is 18.2 Å². The molecule has 3 rings (SSSR count). The number of methoxy groups -OCH3 is 1. The molecular formula is C18H24N2O2. The minimum atomic E-state index is 0.241. The molecule has 0 spiro atoms. The highest BCUT2D eigenvalue weighted by atomic mass is 16.5. The van der Waals surface area contributed by atoms with E-state index in [2.05, 4.69) is 16.0 Å². The Bertz CT molecular complexity index is 635. The molecule has 2 heterocycles. The van der Waals surface area contributed by atoms with Crippen LogP contribution in [-0.4, -0.2) is 42.1 Å². The number of rotatable bonds is 5. The van der Waals surface area contributed by atoms with Crippen molar-refractivity contribution < 1.29 is 9.53 Å². The van der Waals surface area contributed by atoms with Crippen LogP contribution in [0.1, 0.15) is 31.2 Å². The Labute approximate surface area is 131 Å². The quantitative estimate of drug-likeness (QED) is 0.922. The van der Waals surface area contributed by atoms with Crippen LogP contribution >= 0.6 is 0 Å². The molecule has 1 unspecified atom stereocenters. The first-order valence-corrected chi connectivity index (χ1v) is 8.13. The monoisotopic (exact) mass is 300 g/mol. The molecule has 1 aromatic carbocycles. The highest BCUT2D eigenvalue weighted by Crippen LogP contribution is 2.23. The number of benzene rings is 1. The normalized spacial score (nSPS) is 18.8. The smallest absolute Gasteiger partial charge is 0.227 e. The molecule has 1 saturated heterocycles. The first-order valence-electron chi connectivity index (χ1n) is 8.13. The lowest BCUT2D eigenvalue weighted by Gasteiger charge is -2.36. The first kappa shape index (κ1) is 15.1. The van der Waals surface area contributed by atoms with E-state index in [0.29, 0.717) is 12.5 Å². The predicted molar refractivity (Wildman–Crippen MR) is 87.8 cm³/mol. The first-order chi connectivity index (χ1) is 10.8. The number of H-pyrrole nitrogens is 1. The number of aromatic nitrogens is 1. The SMILES string of the molecule is COCCC1CCCCN1C(=O)Cc1c[nH]c2ccccc12. The summed E-state index contributed by atoms with van der Waals surface area (Å²) < 4.78 is 5.19. The maximum Gasteiger partial charge on any atom is 0.227 e. The van der Waals surface area contributed by atoms with E-state index in [4.69, 9.17) is 4.74 Å². The molecule has 1 N–H and O–H groups in total. The Balaban J connectivity index is 1.72. The summed E-state index contributed by atoms with van der Waals surface area (Å²) in [6.45, 7) is 1.61. The summed E-state index contributed by atoms with van der Waals surface area (Å²) in [6.07, 6.45) is 6.82. The summed E-state index contributed by atoms with van der Waals surface area (Å²) in [5, 5.41) is 1.15. The summed E-state index contributed by atoms with van der Waals surface area (Å²) in [4.78, 5) is 18.1. The van der Waals surface area contributed by atoms with Crippen LogP contribution in [0.3, 0.4) is 0 Å². The molecule has 118 valence electrons. The Morgan fingerprint density at radius 1 is 1.36 bits per heavy atom. The molecule has 2 aromatic rings. The number of amides is 1. The van der Waals surface area contributed by atoms with Gasteiger partial charge < -0.3 is 14.6 Å². The van der Waals surface area contributed by atoms with E-state index < -0.39 is 0 Å². The number of aromatic amines is 1. The zero-order valence-corrected chi connectivity index (χ0v) is 13.2. The van der Waals surface area contributed by atoms with E-state index in [-0.39, 0.29) is 5.91 Å². The summed E-state index contributed by atoms with van der Waals surface area (Å²) in [5.74, 6) is 0.241. The predicted octanol–water partition coefficient (Wildman–Crippen LogP) is 3.13. The average molecular weight is 300 g/mol. The number of fused-ring (bicyclic) bond motifs is 1. The Hall–Kier alpha value is -1.81. The van der Waals surface area contributed by atoms with Gasteiger partial charge in [-0.15, -0.1) is 0 Å². The molecule has 0 aliphatic carbocycles. The summed E-state index contributed by atoms with van der Waals surface area (Å²) in [7, 11) is 1.72. The fraction of sp³-hybridized carbons (Fsp3) is 0.500. The van der Waals surface area contributed by atoms with Gasteiger partial charge >= 0.3 is 0 Å². The van der Waals surface area contributed by atoms with Gasteiger partial charge in [0.15, 0.2) is 0 Å². The summed E-state index contributed by atoms with van der Waals surface area (Å²) in [5.41, 5.74) is 2.19. The van der Waals surface area contributed by atoms with Gasteiger partial charge in [-0.25, -0.2) is 0 Å². The van der Waals surface area contributed by atoms with Crippen LogP contribution in [0.5, 0.6) is 0 Å². The molecule has 1 amide bonds. The van der Waals surface area contributed by atoms with Crippen molar-refractivity contribution in [3.05, 3.63) is 36.0 Å². The fourth-order valence-corrected chi connectivity index (χ4v) is 3.43. The highest BCUT2D eigenvalue weighted by molar-refractivity contribution is 5.89. The van der Waals surface area contributed by atoms with Crippen LogP contribution in [0.25, 0.3) is 10.9 Å². The second-order valence-electron chi connectivity index (χ2n) is 6.05. The molecular weight excluding hydrogens is 276 g/mol. The minimum absolute atomic E-state index is 0.241. The van der Waals surface area contributed by atoms with Gasteiger partial charge in [0, 0.05) is 43.4 Å². The molecule has 1 aliphatic rings. The molecule has 1 atom stereocenters. The maximum absolute atomic E-state index is 12.8. The van der Waals surface area contributed by atoms with Gasteiger partial charge in [0.05, 0.1) is 6.42 Å². The number of ether oxygens (including phenoxy) is 1. The van der Waals surface area contributed by atoms with E-state index in [9.17, 15) is 4.79 Å². The molecule has 4 nitrogen and oxygen atoms in total. The molecule has 1 aliphatic heterocycles. The lowest BCUT2D eigenvalue weighted by Crippen LogP contribution is -2.44. The van der Waals surface area contributed by atoms with Crippen molar-refractivity contribution in [1.82, 2.24) is 9.88 Å². The van der Waals surface area contributed by atoms with Crippen molar-refractivity contribution in [3.8, 4) is 0 Å². The molecule has 22 heavy (non-hydrogen) atoms. The van der Waals surface area contributed by atoms with E-state index >= 15 is 0 Å². The number of carbonyl (C=O) groups excluding carboxylic acids is 1.